The number of fused-ring (bicyclic) bond motifs is 1. The van der Waals surface area contributed by atoms with Crippen LogP contribution in [0.2, 0.25) is 0 Å². The lowest BCUT2D eigenvalue weighted by molar-refractivity contribution is 0.477. The number of para-hydroxylation sites is 1. The summed E-state index contributed by atoms with van der Waals surface area (Å²) in [6, 6.07) is 5.70. The minimum absolute atomic E-state index is 0.376. The summed E-state index contributed by atoms with van der Waals surface area (Å²) in [6.45, 7) is 7.19. The standard InChI is InChI=1S/C12H15NO/c1-4-13-9(3)8(2)10-6-5-7-11(14)12(10)13/h5-7,14H,4H2,1-3H3. The first-order chi connectivity index (χ1) is 6.66. The molecule has 0 saturated carbocycles. The maximum Gasteiger partial charge on any atom is 0.139 e. The van der Waals surface area contributed by atoms with Gasteiger partial charge < -0.3 is 9.67 Å². The van der Waals surface area contributed by atoms with Crippen LogP contribution in [-0.2, 0) is 6.54 Å². The number of phenols is 1. The Balaban J connectivity index is 2.96. The molecule has 0 saturated heterocycles. The summed E-state index contributed by atoms with van der Waals surface area (Å²) >= 11 is 0. The van der Waals surface area contributed by atoms with E-state index in [0.717, 1.165) is 17.4 Å². The molecule has 0 unspecified atom stereocenters. The van der Waals surface area contributed by atoms with Crippen LogP contribution >= 0.6 is 0 Å². The Morgan fingerprint density at radius 2 is 2.00 bits per heavy atom. The van der Waals surface area contributed by atoms with Crippen LogP contribution in [0.15, 0.2) is 18.2 Å². The number of nitrogens with zero attached hydrogens (tertiary/aromatic N) is 1. The zero-order chi connectivity index (χ0) is 10.3. The highest BCUT2D eigenvalue weighted by molar-refractivity contribution is 5.89. The molecule has 2 rings (SSSR count). The van der Waals surface area contributed by atoms with E-state index in [1.165, 1.54) is 11.3 Å². The molecule has 1 heterocycles. The van der Waals surface area contributed by atoms with E-state index < -0.39 is 0 Å². The van der Waals surface area contributed by atoms with Gasteiger partial charge in [-0.25, -0.2) is 0 Å². The summed E-state index contributed by atoms with van der Waals surface area (Å²) in [5.41, 5.74) is 3.46. The van der Waals surface area contributed by atoms with Crippen LogP contribution in [0.3, 0.4) is 0 Å². The monoisotopic (exact) mass is 189 g/mol. The maximum atomic E-state index is 9.80. The van der Waals surface area contributed by atoms with Gasteiger partial charge in [-0.3, -0.25) is 0 Å². The van der Waals surface area contributed by atoms with Gasteiger partial charge in [0.05, 0.1) is 5.52 Å². The molecular formula is C12H15NO. The van der Waals surface area contributed by atoms with Crippen molar-refractivity contribution in [1.29, 1.82) is 0 Å². The Kier molecular flexibility index (Phi) is 1.99. The van der Waals surface area contributed by atoms with Crippen LogP contribution in [0.1, 0.15) is 18.2 Å². The van der Waals surface area contributed by atoms with Crippen molar-refractivity contribution in [2.24, 2.45) is 0 Å². The van der Waals surface area contributed by atoms with Crippen LogP contribution in [-0.4, -0.2) is 9.67 Å². The van der Waals surface area contributed by atoms with Crippen LogP contribution in [0.25, 0.3) is 10.9 Å². The Bertz CT molecular complexity index is 483. The van der Waals surface area contributed by atoms with Gasteiger partial charge in [0.25, 0.3) is 0 Å². The van der Waals surface area contributed by atoms with Gasteiger partial charge in [0, 0.05) is 17.6 Å². The van der Waals surface area contributed by atoms with Gasteiger partial charge in [0.2, 0.25) is 0 Å². The Hall–Kier alpha value is -1.44. The van der Waals surface area contributed by atoms with Crippen molar-refractivity contribution in [3.8, 4) is 5.75 Å². The van der Waals surface area contributed by atoms with E-state index in [-0.39, 0.29) is 0 Å². The van der Waals surface area contributed by atoms with E-state index in [4.69, 9.17) is 0 Å². The number of aryl methyl sites for hydroxylation is 2. The van der Waals surface area contributed by atoms with E-state index >= 15 is 0 Å². The molecule has 0 aliphatic heterocycles. The summed E-state index contributed by atoms with van der Waals surface area (Å²) in [5.74, 6) is 0.376. The van der Waals surface area contributed by atoms with Gasteiger partial charge in [0.1, 0.15) is 5.75 Å². The minimum Gasteiger partial charge on any atom is -0.506 e. The molecule has 0 fully saturated rings. The fourth-order valence-corrected chi connectivity index (χ4v) is 2.08. The van der Waals surface area contributed by atoms with Crippen molar-refractivity contribution >= 4 is 10.9 Å². The lowest BCUT2D eigenvalue weighted by atomic mass is 10.1. The van der Waals surface area contributed by atoms with Crippen molar-refractivity contribution < 1.29 is 5.11 Å². The number of aromatic nitrogens is 1. The third kappa shape index (κ3) is 1.03. The van der Waals surface area contributed by atoms with Gasteiger partial charge in [-0.1, -0.05) is 12.1 Å². The SMILES string of the molecule is CCn1c(C)c(C)c2cccc(O)c21. The third-order valence-corrected chi connectivity index (χ3v) is 2.95. The van der Waals surface area contributed by atoms with Gasteiger partial charge >= 0.3 is 0 Å². The molecule has 0 aliphatic carbocycles. The summed E-state index contributed by atoms with van der Waals surface area (Å²) in [6.07, 6.45) is 0. The first-order valence-corrected chi connectivity index (χ1v) is 4.94. The van der Waals surface area contributed by atoms with Crippen molar-refractivity contribution in [3.63, 3.8) is 0 Å². The van der Waals surface area contributed by atoms with Gasteiger partial charge in [-0.15, -0.1) is 0 Å². The highest BCUT2D eigenvalue weighted by Gasteiger charge is 2.11. The van der Waals surface area contributed by atoms with Crippen molar-refractivity contribution in [3.05, 3.63) is 29.5 Å². The third-order valence-electron chi connectivity index (χ3n) is 2.95. The summed E-state index contributed by atoms with van der Waals surface area (Å²) in [4.78, 5) is 0. The number of aromatic hydroxyl groups is 1. The number of hydrogen-bond donors (Lipinski definition) is 1. The largest absolute Gasteiger partial charge is 0.506 e. The molecule has 1 N–H and O–H groups in total. The molecule has 0 aliphatic rings. The van der Waals surface area contributed by atoms with Crippen molar-refractivity contribution in [1.82, 2.24) is 4.57 Å². The number of phenolic OH excluding ortho intramolecular Hbond substituents is 1. The zero-order valence-electron chi connectivity index (χ0n) is 8.83. The summed E-state index contributed by atoms with van der Waals surface area (Å²) < 4.78 is 2.15. The van der Waals surface area contributed by atoms with E-state index in [0.29, 0.717) is 5.75 Å². The first kappa shape index (κ1) is 9.13. The molecule has 2 aromatic rings. The molecule has 0 atom stereocenters. The van der Waals surface area contributed by atoms with E-state index in [1.807, 2.05) is 6.07 Å². The van der Waals surface area contributed by atoms with Crippen molar-refractivity contribution in [2.45, 2.75) is 27.3 Å². The Morgan fingerprint density at radius 3 is 2.64 bits per heavy atom. The quantitative estimate of drug-likeness (QED) is 0.733. The fraction of sp³-hybridized carbons (Fsp3) is 0.333. The normalized spacial score (nSPS) is 11.1. The molecule has 0 bridgehead atoms. The molecule has 0 radical (unpaired) electrons. The van der Waals surface area contributed by atoms with E-state index in [1.54, 1.807) is 6.07 Å². The van der Waals surface area contributed by atoms with Crippen LogP contribution in [0.5, 0.6) is 5.75 Å². The molecule has 2 nitrogen and oxygen atoms in total. The molecule has 0 amide bonds. The number of hydrogen-bond acceptors (Lipinski definition) is 1. The smallest absolute Gasteiger partial charge is 0.139 e. The molecule has 2 heteroatoms. The predicted octanol–water partition coefficient (Wildman–Crippen LogP) is 2.98. The fourth-order valence-electron chi connectivity index (χ4n) is 2.08. The van der Waals surface area contributed by atoms with Gasteiger partial charge in [0.15, 0.2) is 0 Å². The summed E-state index contributed by atoms with van der Waals surface area (Å²) in [5, 5.41) is 11.0. The molecular weight excluding hydrogens is 174 g/mol. The second-order valence-electron chi connectivity index (χ2n) is 3.63. The Labute approximate surface area is 83.8 Å². The average molecular weight is 189 g/mol. The molecule has 1 aromatic heterocycles. The predicted molar refractivity (Wildman–Crippen MR) is 58.8 cm³/mol. The second-order valence-corrected chi connectivity index (χ2v) is 3.63. The number of benzene rings is 1. The Morgan fingerprint density at radius 1 is 1.29 bits per heavy atom. The molecule has 74 valence electrons. The highest BCUT2D eigenvalue weighted by atomic mass is 16.3. The number of rotatable bonds is 1. The first-order valence-electron chi connectivity index (χ1n) is 4.94. The maximum absolute atomic E-state index is 9.80. The average Bonchev–Trinajstić information content (AvgIpc) is 2.43. The lowest BCUT2D eigenvalue weighted by Crippen LogP contribution is -1.96. The minimum atomic E-state index is 0.376. The van der Waals surface area contributed by atoms with Crippen molar-refractivity contribution in [2.75, 3.05) is 0 Å². The van der Waals surface area contributed by atoms with Gasteiger partial charge in [-0.05, 0) is 32.4 Å². The summed E-state index contributed by atoms with van der Waals surface area (Å²) in [7, 11) is 0. The topological polar surface area (TPSA) is 25.2 Å². The molecule has 1 aromatic carbocycles. The molecule has 14 heavy (non-hydrogen) atoms. The van der Waals surface area contributed by atoms with Gasteiger partial charge in [-0.2, -0.15) is 0 Å². The molecule has 0 spiro atoms. The van der Waals surface area contributed by atoms with Crippen LogP contribution in [0, 0.1) is 13.8 Å². The highest BCUT2D eigenvalue weighted by Crippen LogP contribution is 2.31. The second kappa shape index (κ2) is 3.05. The van der Waals surface area contributed by atoms with Crippen LogP contribution < -0.4 is 0 Å². The van der Waals surface area contributed by atoms with Crippen LogP contribution in [0.4, 0.5) is 0 Å². The zero-order valence-corrected chi connectivity index (χ0v) is 8.83. The van der Waals surface area contributed by atoms with E-state index in [2.05, 4.69) is 31.4 Å². The lowest BCUT2D eigenvalue weighted by Gasteiger charge is -2.04. The van der Waals surface area contributed by atoms with E-state index in [9.17, 15) is 5.11 Å².